The van der Waals surface area contributed by atoms with E-state index in [1.165, 1.54) is 12.3 Å². The number of benzene rings is 2. The lowest BCUT2D eigenvalue weighted by Crippen LogP contribution is -1.99. The van der Waals surface area contributed by atoms with Gasteiger partial charge >= 0.3 is 0 Å². The first-order chi connectivity index (χ1) is 12.7. The molecule has 0 unspecified atom stereocenters. The molecule has 6 heteroatoms. The molecule has 0 spiro atoms. The van der Waals surface area contributed by atoms with Crippen LogP contribution in [0.15, 0.2) is 59.9 Å². The summed E-state index contributed by atoms with van der Waals surface area (Å²) in [5.74, 6) is -0.221. The molecule has 0 aliphatic rings. The molecular weight excluding hydrogens is 333 g/mol. The van der Waals surface area contributed by atoms with Gasteiger partial charge in [0.05, 0.1) is 18.5 Å². The maximum absolute atomic E-state index is 14.4. The van der Waals surface area contributed by atoms with E-state index in [-0.39, 0.29) is 5.75 Å². The molecule has 3 aromatic rings. The van der Waals surface area contributed by atoms with Crippen LogP contribution < -0.4 is 4.74 Å². The summed E-state index contributed by atoms with van der Waals surface area (Å²) in [5.41, 5.74) is 2.53. The highest BCUT2D eigenvalue weighted by Crippen LogP contribution is 2.27. The van der Waals surface area contributed by atoms with E-state index in [1.54, 1.807) is 23.0 Å². The molecule has 26 heavy (non-hydrogen) atoms. The number of aromatic nitrogens is 2. The second-order valence-electron chi connectivity index (χ2n) is 5.80. The number of para-hydroxylation sites is 1. The van der Waals surface area contributed by atoms with Gasteiger partial charge < -0.3 is 9.94 Å². The first-order valence-corrected chi connectivity index (χ1v) is 8.48. The predicted octanol–water partition coefficient (Wildman–Crippen LogP) is 4.67. The van der Waals surface area contributed by atoms with Crippen molar-refractivity contribution < 1.29 is 14.3 Å². The molecular formula is C20H20FN3O2. The van der Waals surface area contributed by atoms with Crippen molar-refractivity contribution in [2.75, 3.05) is 6.61 Å². The Morgan fingerprint density at radius 3 is 2.73 bits per heavy atom. The van der Waals surface area contributed by atoms with Crippen LogP contribution in [0.25, 0.3) is 16.9 Å². The Morgan fingerprint density at radius 1 is 1.23 bits per heavy atom. The van der Waals surface area contributed by atoms with Gasteiger partial charge in [0.15, 0.2) is 11.6 Å². The number of hydrogen-bond donors (Lipinski definition) is 1. The first-order valence-electron chi connectivity index (χ1n) is 8.48. The molecule has 1 aromatic heterocycles. The van der Waals surface area contributed by atoms with Gasteiger partial charge in [-0.05, 0) is 36.8 Å². The largest absolute Gasteiger partial charge is 0.491 e. The Hall–Kier alpha value is -3.15. The maximum atomic E-state index is 14.4. The summed E-state index contributed by atoms with van der Waals surface area (Å²) in [6, 6.07) is 14.3. The van der Waals surface area contributed by atoms with Gasteiger partial charge in [0.1, 0.15) is 5.69 Å². The Kier molecular flexibility index (Phi) is 5.63. The van der Waals surface area contributed by atoms with Crippen LogP contribution in [0.5, 0.6) is 5.75 Å². The van der Waals surface area contributed by atoms with E-state index in [4.69, 9.17) is 9.94 Å². The van der Waals surface area contributed by atoms with E-state index >= 15 is 0 Å². The fourth-order valence-corrected chi connectivity index (χ4v) is 2.57. The lowest BCUT2D eigenvalue weighted by Gasteiger charge is -2.08. The standard InChI is InChI=1S/C20H20FN3O2/c1-2-3-11-26-19-10-9-15(12-18(19)21)20-16(13-22-25)14-24(23-20)17-7-5-4-6-8-17/h4-10,12-14,25H,2-3,11H2,1H3/b22-13+. The minimum absolute atomic E-state index is 0.224. The number of unbranched alkanes of at least 4 members (excludes halogenated alkanes) is 1. The van der Waals surface area contributed by atoms with Crippen LogP contribution in [0.2, 0.25) is 0 Å². The molecule has 0 bridgehead atoms. The molecule has 0 fully saturated rings. The number of nitrogens with zero attached hydrogens (tertiary/aromatic N) is 3. The summed E-state index contributed by atoms with van der Waals surface area (Å²) < 4.78 is 21.5. The van der Waals surface area contributed by atoms with Gasteiger partial charge in [-0.15, -0.1) is 0 Å². The molecule has 0 radical (unpaired) electrons. The van der Waals surface area contributed by atoms with Gasteiger partial charge in [0.2, 0.25) is 0 Å². The highest BCUT2D eigenvalue weighted by molar-refractivity contribution is 5.88. The number of hydrogen-bond acceptors (Lipinski definition) is 4. The molecule has 0 saturated heterocycles. The molecule has 2 aromatic carbocycles. The Morgan fingerprint density at radius 2 is 2.04 bits per heavy atom. The van der Waals surface area contributed by atoms with Gasteiger partial charge in [-0.3, -0.25) is 0 Å². The zero-order chi connectivity index (χ0) is 18.4. The average Bonchev–Trinajstić information content (AvgIpc) is 3.08. The number of oxime groups is 1. The number of rotatable bonds is 7. The molecule has 0 aliphatic carbocycles. The highest BCUT2D eigenvalue weighted by atomic mass is 19.1. The number of halogens is 1. The topological polar surface area (TPSA) is 59.6 Å². The zero-order valence-corrected chi connectivity index (χ0v) is 14.5. The molecule has 1 heterocycles. The van der Waals surface area contributed by atoms with Crippen molar-refractivity contribution >= 4 is 6.21 Å². The summed E-state index contributed by atoms with van der Waals surface area (Å²) in [5, 5.41) is 16.5. The van der Waals surface area contributed by atoms with E-state index in [0.29, 0.717) is 23.4 Å². The summed E-state index contributed by atoms with van der Waals surface area (Å²) in [7, 11) is 0. The Bertz CT molecular complexity index is 891. The van der Waals surface area contributed by atoms with E-state index in [2.05, 4.69) is 17.2 Å². The third-order valence-electron chi connectivity index (χ3n) is 3.92. The predicted molar refractivity (Wildman–Crippen MR) is 98.7 cm³/mol. The Labute approximate surface area is 151 Å². The van der Waals surface area contributed by atoms with Crippen molar-refractivity contribution in [3.63, 3.8) is 0 Å². The third kappa shape index (κ3) is 3.91. The second kappa shape index (κ2) is 8.29. The maximum Gasteiger partial charge on any atom is 0.165 e. The Balaban J connectivity index is 1.95. The van der Waals surface area contributed by atoms with Gasteiger partial charge in [-0.1, -0.05) is 36.7 Å². The van der Waals surface area contributed by atoms with Crippen LogP contribution in [-0.2, 0) is 0 Å². The zero-order valence-electron chi connectivity index (χ0n) is 14.5. The second-order valence-corrected chi connectivity index (χ2v) is 5.80. The van der Waals surface area contributed by atoms with Crippen LogP contribution in [0.4, 0.5) is 4.39 Å². The SMILES string of the molecule is CCCCOc1ccc(-c2nn(-c3ccccc3)cc2/C=N/O)cc1F. The average molecular weight is 353 g/mol. The lowest BCUT2D eigenvalue weighted by atomic mass is 10.1. The lowest BCUT2D eigenvalue weighted by molar-refractivity contribution is 0.294. The molecule has 134 valence electrons. The molecule has 1 N–H and O–H groups in total. The van der Waals surface area contributed by atoms with Crippen LogP contribution in [0.1, 0.15) is 25.3 Å². The van der Waals surface area contributed by atoms with Crippen LogP contribution in [0, 0.1) is 5.82 Å². The first kappa shape index (κ1) is 17.7. The van der Waals surface area contributed by atoms with Crippen molar-refractivity contribution in [1.29, 1.82) is 0 Å². The molecule has 0 aliphatic heterocycles. The quantitative estimate of drug-likeness (QED) is 0.291. The van der Waals surface area contributed by atoms with Crippen LogP contribution >= 0.6 is 0 Å². The van der Waals surface area contributed by atoms with Gasteiger partial charge in [-0.25, -0.2) is 9.07 Å². The van der Waals surface area contributed by atoms with E-state index in [9.17, 15) is 4.39 Å². The smallest absolute Gasteiger partial charge is 0.165 e. The number of ether oxygens (including phenoxy) is 1. The van der Waals surface area contributed by atoms with Crippen molar-refractivity contribution in [2.24, 2.45) is 5.16 Å². The van der Waals surface area contributed by atoms with Crippen molar-refractivity contribution in [3.05, 3.63) is 66.1 Å². The van der Waals surface area contributed by atoms with E-state index in [0.717, 1.165) is 18.5 Å². The minimum atomic E-state index is -0.445. The molecule has 0 amide bonds. The summed E-state index contributed by atoms with van der Waals surface area (Å²) in [6.07, 6.45) is 4.87. The third-order valence-corrected chi connectivity index (χ3v) is 3.92. The van der Waals surface area contributed by atoms with Crippen molar-refractivity contribution in [1.82, 2.24) is 9.78 Å². The molecule has 3 rings (SSSR count). The summed E-state index contributed by atoms with van der Waals surface area (Å²) >= 11 is 0. The molecule has 0 saturated carbocycles. The summed E-state index contributed by atoms with van der Waals surface area (Å²) in [6.45, 7) is 2.54. The molecule has 0 atom stereocenters. The van der Waals surface area contributed by atoms with Gasteiger partial charge in [0.25, 0.3) is 0 Å². The minimum Gasteiger partial charge on any atom is -0.491 e. The fourth-order valence-electron chi connectivity index (χ4n) is 2.57. The van der Waals surface area contributed by atoms with Crippen molar-refractivity contribution in [2.45, 2.75) is 19.8 Å². The van der Waals surface area contributed by atoms with Crippen LogP contribution in [-0.4, -0.2) is 27.8 Å². The van der Waals surface area contributed by atoms with Gasteiger partial charge in [-0.2, -0.15) is 5.10 Å². The monoisotopic (exact) mass is 353 g/mol. The highest BCUT2D eigenvalue weighted by Gasteiger charge is 2.14. The van der Waals surface area contributed by atoms with Crippen LogP contribution in [0.3, 0.4) is 0 Å². The van der Waals surface area contributed by atoms with E-state index in [1.807, 2.05) is 30.3 Å². The summed E-state index contributed by atoms with van der Waals surface area (Å²) in [4.78, 5) is 0. The fraction of sp³-hybridized carbons (Fsp3) is 0.200. The van der Waals surface area contributed by atoms with E-state index < -0.39 is 5.82 Å². The normalized spacial score (nSPS) is 11.2. The molecule has 5 nitrogen and oxygen atoms in total. The van der Waals surface area contributed by atoms with Gasteiger partial charge in [0, 0.05) is 17.3 Å². The van der Waals surface area contributed by atoms with Crippen molar-refractivity contribution in [3.8, 4) is 22.7 Å².